The number of nitrogens with zero attached hydrogens (tertiary/aromatic N) is 4. The highest BCUT2D eigenvalue weighted by Crippen LogP contribution is 2.13. The van der Waals surface area contributed by atoms with Crippen LogP contribution in [-0.4, -0.2) is 37.3 Å². The molecule has 7 nitrogen and oxygen atoms in total. The molecule has 2 heterocycles. The molecule has 0 spiro atoms. The zero-order valence-electron chi connectivity index (χ0n) is 7.43. The lowest BCUT2D eigenvalue weighted by Crippen LogP contribution is -2.39. The monoisotopic (exact) mass is 195 g/mol. The highest BCUT2D eigenvalue weighted by molar-refractivity contribution is 5.97. The fourth-order valence-corrected chi connectivity index (χ4v) is 1.37. The van der Waals surface area contributed by atoms with E-state index in [9.17, 15) is 9.59 Å². The number of hydrogen-bond donors (Lipinski definition) is 1. The number of H-pyrrole nitrogens is 1. The maximum Gasteiger partial charge on any atom is 0.229 e. The number of imide groups is 1. The van der Waals surface area contributed by atoms with Crippen molar-refractivity contribution in [1.29, 1.82) is 0 Å². The number of nitrogens with one attached hydrogen (secondary N) is 1. The minimum atomic E-state index is -0.161. The Bertz CT molecular complexity index is 331. The number of aromatic amines is 1. The summed E-state index contributed by atoms with van der Waals surface area (Å²) in [7, 11) is 0. The first-order valence-corrected chi connectivity index (χ1v) is 4.33. The normalized spacial score (nSPS) is 17.6. The fraction of sp³-hybridized carbons (Fsp3) is 0.571. The van der Waals surface area contributed by atoms with Gasteiger partial charge < -0.3 is 0 Å². The summed E-state index contributed by atoms with van der Waals surface area (Å²) < 4.78 is 0. The quantitative estimate of drug-likeness (QED) is 0.626. The Morgan fingerprint density at radius 1 is 1.29 bits per heavy atom. The molecule has 1 fully saturated rings. The van der Waals surface area contributed by atoms with Crippen molar-refractivity contribution in [1.82, 2.24) is 25.5 Å². The molecule has 1 aromatic rings. The second-order valence-corrected chi connectivity index (χ2v) is 3.06. The van der Waals surface area contributed by atoms with Crippen LogP contribution in [0.2, 0.25) is 0 Å². The van der Waals surface area contributed by atoms with Crippen molar-refractivity contribution < 1.29 is 9.59 Å². The highest BCUT2D eigenvalue weighted by atomic mass is 16.2. The van der Waals surface area contributed by atoms with Gasteiger partial charge in [-0.05, 0) is 6.42 Å². The molecular weight excluding hydrogens is 186 g/mol. The Morgan fingerprint density at radius 3 is 2.57 bits per heavy atom. The molecule has 1 aromatic heterocycles. The van der Waals surface area contributed by atoms with Crippen LogP contribution in [0.25, 0.3) is 0 Å². The Balaban J connectivity index is 2.08. The molecule has 0 aromatic carbocycles. The number of carbonyl (C=O) groups excluding carboxylic acids is 2. The van der Waals surface area contributed by atoms with E-state index >= 15 is 0 Å². The van der Waals surface area contributed by atoms with Crippen molar-refractivity contribution in [3.63, 3.8) is 0 Å². The van der Waals surface area contributed by atoms with Gasteiger partial charge in [0.15, 0.2) is 5.82 Å². The summed E-state index contributed by atoms with van der Waals surface area (Å²) in [5, 5.41) is 13.0. The van der Waals surface area contributed by atoms with E-state index in [1.807, 2.05) is 0 Å². The van der Waals surface area contributed by atoms with E-state index in [0.717, 1.165) is 0 Å². The second-order valence-electron chi connectivity index (χ2n) is 3.06. The maximum absolute atomic E-state index is 11.3. The van der Waals surface area contributed by atoms with Crippen molar-refractivity contribution in [3.8, 4) is 0 Å². The molecule has 0 saturated carbocycles. The van der Waals surface area contributed by atoms with Crippen LogP contribution < -0.4 is 0 Å². The van der Waals surface area contributed by atoms with Crippen molar-refractivity contribution in [3.05, 3.63) is 5.82 Å². The van der Waals surface area contributed by atoms with Crippen molar-refractivity contribution in [2.45, 2.75) is 25.8 Å². The van der Waals surface area contributed by atoms with E-state index in [-0.39, 0.29) is 18.4 Å². The molecule has 7 heteroatoms. The van der Waals surface area contributed by atoms with E-state index in [4.69, 9.17) is 0 Å². The predicted octanol–water partition coefficient (Wildman–Crippen LogP) is -0.761. The van der Waals surface area contributed by atoms with E-state index in [1.54, 1.807) is 0 Å². The van der Waals surface area contributed by atoms with Gasteiger partial charge in [-0.3, -0.25) is 14.5 Å². The molecule has 74 valence electrons. The number of carbonyl (C=O) groups is 2. The summed E-state index contributed by atoms with van der Waals surface area (Å²) >= 11 is 0. The van der Waals surface area contributed by atoms with Gasteiger partial charge in [-0.1, -0.05) is 5.21 Å². The molecule has 0 radical (unpaired) electrons. The average molecular weight is 195 g/mol. The summed E-state index contributed by atoms with van der Waals surface area (Å²) in [6, 6.07) is 0. The predicted molar refractivity (Wildman–Crippen MR) is 43.6 cm³/mol. The van der Waals surface area contributed by atoms with Crippen LogP contribution in [0.15, 0.2) is 0 Å². The molecular formula is C7H9N5O2. The number of tetrazole rings is 1. The molecule has 0 unspecified atom stereocenters. The number of hydrogen-bond acceptors (Lipinski definition) is 5. The number of aromatic nitrogens is 4. The first kappa shape index (κ1) is 8.79. The highest BCUT2D eigenvalue weighted by Gasteiger charge is 2.26. The van der Waals surface area contributed by atoms with Crippen LogP contribution in [0.5, 0.6) is 0 Å². The standard InChI is InChI=1S/C7H9N5O2/c13-6-2-1-3-7(14)12(6)4-5-8-10-11-9-5/h1-4H2,(H,8,9,10,11). The van der Waals surface area contributed by atoms with Crippen LogP contribution in [-0.2, 0) is 16.1 Å². The molecule has 1 aliphatic heterocycles. The molecule has 0 atom stereocenters. The van der Waals surface area contributed by atoms with Crippen LogP contribution in [0.1, 0.15) is 25.1 Å². The summed E-state index contributed by atoms with van der Waals surface area (Å²) in [6.07, 6.45) is 1.48. The third kappa shape index (κ3) is 1.61. The smallest absolute Gasteiger partial charge is 0.229 e. The van der Waals surface area contributed by atoms with Crippen LogP contribution in [0.4, 0.5) is 0 Å². The first-order chi connectivity index (χ1) is 6.77. The van der Waals surface area contributed by atoms with Crippen LogP contribution >= 0.6 is 0 Å². The SMILES string of the molecule is O=C1CCCC(=O)N1Cc1nn[nH]n1. The minimum Gasteiger partial charge on any atom is -0.275 e. The number of rotatable bonds is 2. The van der Waals surface area contributed by atoms with Gasteiger partial charge in [0.05, 0.1) is 6.54 Å². The second kappa shape index (κ2) is 3.52. The third-order valence-corrected chi connectivity index (χ3v) is 2.07. The Labute approximate surface area is 79.5 Å². The molecule has 0 aliphatic carbocycles. The molecule has 14 heavy (non-hydrogen) atoms. The van der Waals surface area contributed by atoms with Crippen molar-refractivity contribution in [2.24, 2.45) is 0 Å². The van der Waals surface area contributed by atoms with Gasteiger partial charge in [-0.2, -0.15) is 5.21 Å². The van der Waals surface area contributed by atoms with Gasteiger partial charge in [0.1, 0.15) is 0 Å². The summed E-state index contributed by atoms with van der Waals surface area (Å²) in [6.45, 7) is 0.119. The lowest BCUT2D eigenvalue weighted by atomic mass is 10.1. The number of amides is 2. The van der Waals surface area contributed by atoms with Crippen molar-refractivity contribution in [2.75, 3.05) is 0 Å². The van der Waals surface area contributed by atoms with Gasteiger partial charge in [0.25, 0.3) is 0 Å². The van der Waals surface area contributed by atoms with Crippen LogP contribution in [0, 0.1) is 0 Å². The zero-order valence-corrected chi connectivity index (χ0v) is 7.43. The molecule has 1 aliphatic rings. The lowest BCUT2D eigenvalue weighted by Gasteiger charge is -2.23. The fourth-order valence-electron chi connectivity index (χ4n) is 1.37. The van der Waals surface area contributed by atoms with Gasteiger partial charge >= 0.3 is 0 Å². The Hall–Kier alpha value is -1.79. The van der Waals surface area contributed by atoms with Gasteiger partial charge in [-0.15, -0.1) is 10.2 Å². The van der Waals surface area contributed by atoms with E-state index in [2.05, 4.69) is 20.6 Å². The molecule has 2 amide bonds. The molecule has 1 saturated heterocycles. The summed E-state index contributed by atoms with van der Waals surface area (Å²) in [5.41, 5.74) is 0. The summed E-state index contributed by atoms with van der Waals surface area (Å²) in [4.78, 5) is 23.9. The molecule has 0 bridgehead atoms. The molecule has 2 rings (SSSR count). The van der Waals surface area contributed by atoms with Gasteiger partial charge in [0.2, 0.25) is 11.8 Å². The number of likely N-dealkylation sites (tertiary alicyclic amines) is 1. The van der Waals surface area contributed by atoms with Gasteiger partial charge in [0, 0.05) is 12.8 Å². The average Bonchev–Trinajstić information content (AvgIpc) is 2.64. The zero-order chi connectivity index (χ0) is 9.97. The lowest BCUT2D eigenvalue weighted by molar-refractivity contribution is -0.148. The van der Waals surface area contributed by atoms with E-state index < -0.39 is 0 Å². The maximum atomic E-state index is 11.3. The minimum absolute atomic E-state index is 0.119. The van der Waals surface area contributed by atoms with E-state index in [0.29, 0.717) is 25.1 Å². The largest absolute Gasteiger partial charge is 0.275 e. The number of piperidine rings is 1. The van der Waals surface area contributed by atoms with Gasteiger partial charge in [-0.25, -0.2) is 0 Å². The topological polar surface area (TPSA) is 91.8 Å². The van der Waals surface area contributed by atoms with Crippen LogP contribution in [0.3, 0.4) is 0 Å². The first-order valence-electron chi connectivity index (χ1n) is 4.33. The Morgan fingerprint density at radius 2 is 2.00 bits per heavy atom. The molecule has 1 N–H and O–H groups in total. The van der Waals surface area contributed by atoms with E-state index in [1.165, 1.54) is 4.90 Å². The van der Waals surface area contributed by atoms with Crippen molar-refractivity contribution >= 4 is 11.8 Å². The summed E-state index contributed by atoms with van der Waals surface area (Å²) in [5.74, 6) is 0.0331. The third-order valence-electron chi connectivity index (χ3n) is 2.07. The Kier molecular flexibility index (Phi) is 2.21.